The van der Waals surface area contributed by atoms with E-state index in [1.165, 1.54) is 0 Å². The first-order valence-corrected chi connectivity index (χ1v) is 8.90. The second-order valence-corrected chi connectivity index (χ2v) is 7.87. The molecule has 1 amide bonds. The standard InChI is InChI=1S/C13H17Cl2NO3S/c1-9(13(17)16-5-6-20(2,18)19)7-10-3-4-11(14)8-12(10)15/h3-4,8-9H,5-7H2,1-2H3,(H,16,17). The van der Waals surface area contributed by atoms with Crippen molar-refractivity contribution in [2.75, 3.05) is 18.6 Å². The normalized spacial score (nSPS) is 13.0. The maximum Gasteiger partial charge on any atom is 0.223 e. The van der Waals surface area contributed by atoms with Gasteiger partial charge in [0.1, 0.15) is 9.84 Å². The fourth-order valence-electron chi connectivity index (χ4n) is 1.64. The van der Waals surface area contributed by atoms with Crippen molar-refractivity contribution in [1.82, 2.24) is 5.32 Å². The number of hydrogen-bond acceptors (Lipinski definition) is 3. The highest BCUT2D eigenvalue weighted by molar-refractivity contribution is 7.90. The molecule has 1 rings (SSSR count). The van der Waals surface area contributed by atoms with Crippen LogP contribution in [0.2, 0.25) is 10.0 Å². The predicted octanol–water partition coefficient (Wildman–Crippen LogP) is 2.33. The van der Waals surface area contributed by atoms with Crippen LogP contribution in [0, 0.1) is 5.92 Å². The van der Waals surface area contributed by atoms with Gasteiger partial charge in [-0.3, -0.25) is 4.79 Å². The number of rotatable bonds is 6. The van der Waals surface area contributed by atoms with Gasteiger partial charge in [-0.1, -0.05) is 36.2 Å². The molecule has 0 saturated carbocycles. The topological polar surface area (TPSA) is 63.2 Å². The monoisotopic (exact) mass is 337 g/mol. The predicted molar refractivity (Wildman–Crippen MR) is 82.1 cm³/mol. The molecule has 1 atom stereocenters. The molecule has 1 aromatic rings. The Morgan fingerprint density at radius 1 is 1.35 bits per heavy atom. The van der Waals surface area contributed by atoms with Crippen LogP contribution in [0.5, 0.6) is 0 Å². The van der Waals surface area contributed by atoms with Crippen molar-refractivity contribution in [2.24, 2.45) is 5.92 Å². The third-order valence-corrected chi connectivity index (χ3v) is 4.29. The number of carbonyl (C=O) groups excluding carboxylic acids is 1. The van der Waals surface area contributed by atoms with Crippen molar-refractivity contribution in [3.8, 4) is 0 Å². The molecule has 0 aliphatic rings. The molecule has 1 N–H and O–H groups in total. The van der Waals surface area contributed by atoms with E-state index < -0.39 is 9.84 Å². The van der Waals surface area contributed by atoms with Gasteiger partial charge >= 0.3 is 0 Å². The maximum absolute atomic E-state index is 11.8. The minimum absolute atomic E-state index is 0.0623. The van der Waals surface area contributed by atoms with Gasteiger partial charge in [-0.2, -0.15) is 0 Å². The molecule has 0 aromatic heterocycles. The zero-order chi connectivity index (χ0) is 15.3. The molecule has 20 heavy (non-hydrogen) atoms. The second-order valence-electron chi connectivity index (χ2n) is 4.76. The molecule has 0 saturated heterocycles. The zero-order valence-electron chi connectivity index (χ0n) is 11.3. The quantitative estimate of drug-likeness (QED) is 0.866. The average Bonchev–Trinajstić information content (AvgIpc) is 2.30. The number of hydrogen-bond donors (Lipinski definition) is 1. The van der Waals surface area contributed by atoms with Crippen molar-refractivity contribution in [3.05, 3.63) is 33.8 Å². The molecule has 1 aromatic carbocycles. The minimum atomic E-state index is -3.07. The van der Waals surface area contributed by atoms with Crippen LogP contribution in [-0.4, -0.2) is 32.9 Å². The number of nitrogens with one attached hydrogen (secondary N) is 1. The molecule has 0 aliphatic heterocycles. The van der Waals surface area contributed by atoms with Gasteiger partial charge in [0, 0.05) is 28.8 Å². The van der Waals surface area contributed by atoms with E-state index in [4.69, 9.17) is 23.2 Å². The van der Waals surface area contributed by atoms with Crippen molar-refractivity contribution in [3.63, 3.8) is 0 Å². The van der Waals surface area contributed by atoms with Crippen LogP contribution in [0.1, 0.15) is 12.5 Å². The number of amides is 1. The van der Waals surface area contributed by atoms with Crippen LogP contribution >= 0.6 is 23.2 Å². The van der Waals surface area contributed by atoms with Crippen LogP contribution in [0.4, 0.5) is 0 Å². The second kappa shape index (κ2) is 7.29. The summed E-state index contributed by atoms with van der Waals surface area (Å²) < 4.78 is 21.9. The van der Waals surface area contributed by atoms with E-state index in [0.29, 0.717) is 16.5 Å². The van der Waals surface area contributed by atoms with Gasteiger partial charge < -0.3 is 5.32 Å². The third-order valence-electron chi connectivity index (χ3n) is 2.76. The summed E-state index contributed by atoms with van der Waals surface area (Å²) >= 11 is 11.9. The van der Waals surface area contributed by atoms with Crippen molar-refractivity contribution < 1.29 is 13.2 Å². The Balaban J connectivity index is 2.53. The van der Waals surface area contributed by atoms with E-state index in [0.717, 1.165) is 11.8 Å². The van der Waals surface area contributed by atoms with Gasteiger partial charge in [0.2, 0.25) is 5.91 Å². The molecule has 1 unspecified atom stereocenters. The van der Waals surface area contributed by atoms with Crippen LogP contribution in [-0.2, 0) is 21.1 Å². The van der Waals surface area contributed by atoms with Crippen molar-refractivity contribution in [1.29, 1.82) is 0 Å². The van der Waals surface area contributed by atoms with Gasteiger partial charge in [-0.25, -0.2) is 8.42 Å². The van der Waals surface area contributed by atoms with E-state index in [1.54, 1.807) is 25.1 Å². The molecule has 7 heteroatoms. The Morgan fingerprint density at radius 3 is 2.55 bits per heavy atom. The smallest absolute Gasteiger partial charge is 0.223 e. The molecule has 0 heterocycles. The Kier molecular flexibility index (Phi) is 6.30. The highest BCUT2D eigenvalue weighted by atomic mass is 35.5. The van der Waals surface area contributed by atoms with E-state index in [2.05, 4.69) is 5.32 Å². The lowest BCUT2D eigenvalue weighted by atomic mass is 10.0. The molecule has 4 nitrogen and oxygen atoms in total. The summed E-state index contributed by atoms with van der Waals surface area (Å²) in [6.07, 6.45) is 1.61. The highest BCUT2D eigenvalue weighted by Gasteiger charge is 2.15. The summed E-state index contributed by atoms with van der Waals surface area (Å²) in [6, 6.07) is 5.13. The van der Waals surface area contributed by atoms with Gasteiger partial charge in [0.15, 0.2) is 0 Å². The van der Waals surface area contributed by atoms with Gasteiger partial charge in [0.05, 0.1) is 5.75 Å². The summed E-state index contributed by atoms with van der Waals surface area (Å²) in [5.74, 6) is -0.555. The van der Waals surface area contributed by atoms with Gasteiger partial charge in [-0.05, 0) is 24.1 Å². The Bertz CT molecular complexity index is 587. The number of carbonyl (C=O) groups is 1. The lowest BCUT2D eigenvalue weighted by Crippen LogP contribution is -2.33. The van der Waals surface area contributed by atoms with Crippen LogP contribution < -0.4 is 5.32 Å². The van der Waals surface area contributed by atoms with Crippen LogP contribution in [0.15, 0.2) is 18.2 Å². The summed E-state index contributed by atoms with van der Waals surface area (Å²) in [7, 11) is -3.07. The molecule has 0 fully saturated rings. The van der Waals surface area contributed by atoms with Crippen molar-refractivity contribution >= 4 is 38.9 Å². The van der Waals surface area contributed by atoms with E-state index in [-0.39, 0.29) is 24.1 Å². The zero-order valence-corrected chi connectivity index (χ0v) is 13.6. The van der Waals surface area contributed by atoms with Crippen LogP contribution in [0.25, 0.3) is 0 Å². The summed E-state index contributed by atoms with van der Waals surface area (Å²) in [5.41, 5.74) is 0.835. The first-order valence-electron chi connectivity index (χ1n) is 6.08. The van der Waals surface area contributed by atoms with E-state index >= 15 is 0 Å². The fraction of sp³-hybridized carbons (Fsp3) is 0.462. The highest BCUT2D eigenvalue weighted by Crippen LogP contribution is 2.23. The van der Waals surface area contributed by atoms with E-state index in [1.807, 2.05) is 0 Å². The van der Waals surface area contributed by atoms with Gasteiger partial charge in [-0.15, -0.1) is 0 Å². The minimum Gasteiger partial charge on any atom is -0.355 e. The largest absolute Gasteiger partial charge is 0.355 e. The van der Waals surface area contributed by atoms with Crippen molar-refractivity contribution in [2.45, 2.75) is 13.3 Å². The third kappa shape index (κ3) is 6.11. The SMILES string of the molecule is CC(Cc1ccc(Cl)cc1Cl)C(=O)NCCS(C)(=O)=O. The van der Waals surface area contributed by atoms with E-state index in [9.17, 15) is 13.2 Å². The average molecular weight is 338 g/mol. The summed E-state index contributed by atoms with van der Waals surface area (Å²) in [4.78, 5) is 11.8. The Labute approximate surface area is 129 Å². The summed E-state index contributed by atoms with van der Waals surface area (Å²) in [5, 5.41) is 3.67. The molecule has 0 spiro atoms. The fourth-order valence-corrected chi connectivity index (χ4v) is 2.60. The molecular formula is C13H17Cl2NO3S. The molecule has 0 aliphatic carbocycles. The molecule has 112 valence electrons. The summed E-state index contributed by atoms with van der Waals surface area (Å²) in [6.45, 7) is 1.89. The Hall–Kier alpha value is -0.780. The lowest BCUT2D eigenvalue weighted by molar-refractivity contribution is -0.124. The number of halogens is 2. The van der Waals surface area contributed by atoms with Gasteiger partial charge in [0.25, 0.3) is 0 Å². The van der Waals surface area contributed by atoms with Crippen LogP contribution in [0.3, 0.4) is 0 Å². The Morgan fingerprint density at radius 2 is 2.00 bits per heavy atom. The first-order chi connectivity index (χ1) is 9.19. The molecular weight excluding hydrogens is 321 g/mol. The molecule has 0 radical (unpaired) electrons. The number of benzene rings is 1. The maximum atomic E-state index is 11.8. The number of sulfone groups is 1. The first kappa shape index (κ1) is 17.3. The lowest BCUT2D eigenvalue weighted by Gasteiger charge is -2.13. The molecule has 0 bridgehead atoms.